The van der Waals surface area contributed by atoms with E-state index >= 15 is 0 Å². The van der Waals surface area contributed by atoms with Crippen LogP contribution in [0.15, 0.2) is 0 Å². The zero-order valence-corrected chi connectivity index (χ0v) is 14.1. The van der Waals surface area contributed by atoms with E-state index in [0.29, 0.717) is 6.54 Å². The van der Waals surface area contributed by atoms with Crippen molar-refractivity contribution in [3.05, 3.63) is 0 Å². The van der Waals surface area contributed by atoms with Crippen LogP contribution in [0.5, 0.6) is 0 Å². The minimum Gasteiger partial charge on any atom is -0.394 e. The molecule has 5 atom stereocenters. The molecule has 0 radical (unpaired) electrons. The molecule has 1 amide bonds. The molecule has 1 rings (SSSR count). The van der Waals surface area contributed by atoms with Gasteiger partial charge in [-0.15, -0.1) is 0 Å². The maximum atomic E-state index is 11.9. The highest BCUT2D eigenvalue weighted by Gasteiger charge is 2.36. The fourth-order valence-corrected chi connectivity index (χ4v) is 2.53. The molecule has 23 heavy (non-hydrogen) atoms. The molecule has 7 heteroatoms. The molecule has 0 bridgehead atoms. The second-order valence-corrected chi connectivity index (χ2v) is 6.15. The fraction of sp³-hybridized carbons (Fsp3) is 0.938. The summed E-state index contributed by atoms with van der Waals surface area (Å²) in [4.78, 5) is 11.9. The lowest BCUT2D eigenvalue weighted by Crippen LogP contribution is -2.50. The van der Waals surface area contributed by atoms with Gasteiger partial charge in [0.2, 0.25) is 5.91 Å². The van der Waals surface area contributed by atoms with Crippen molar-refractivity contribution in [3.63, 3.8) is 0 Å². The lowest BCUT2D eigenvalue weighted by atomic mass is 10.0. The number of unbranched alkanes of at least 4 members (excludes halogenated alkanes) is 2. The van der Waals surface area contributed by atoms with E-state index in [1.165, 1.54) is 0 Å². The Hall–Kier alpha value is -0.730. The Labute approximate surface area is 138 Å². The maximum absolute atomic E-state index is 11.9. The van der Waals surface area contributed by atoms with E-state index in [0.717, 1.165) is 25.7 Å². The summed E-state index contributed by atoms with van der Waals surface area (Å²) < 4.78 is 10.7. The van der Waals surface area contributed by atoms with Gasteiger partial charge in [-0.05, 0) is 6.42 Å². The molecule has 1 saturated heterocycles. The lowest BCUT2D eigenvalue weighted by molar-refractivity contribution is -0.269. The van der Waals surface area contributed by atoms with Gasteiger partial charge in [0.15, 0.2) is 6.29 Å². The van der Waals surface area contributed by atoms with Crippen molar-refractivity contribution in [1.82, 2.24) is 5.32 Å². The average Bonchev–Trinajstić information content (AvgIpc) is 2.53. The molecule has 0 aromatic heterocycles. The van der Waals surface area contributed by atoms with E-state index in [4.69, 9.17) is 14.6 Å². The van der Waals surface area contributed by atoms with Gasteiger partial charge in [0.1, 0.15) is 12.2 Å². The predicted octanol–water partition coefficient (Wildman–Crippen LogP) is 0.165. The van der Waals surface area contributed by atoms with Gasteiger partial charge in [-0.3, -0.25) is 4.79 Å². The van der Waals surface area contributed by atoms with Crippen molar-refractivity contribution >= 4 is 5.91 Å². The van der Waals surface area contributed by atoms with Gasteiger partial charge >= 0.3 is 0 Å². The molecule has 0 aromatic carbocycles. The highest BCUT2D eigenvalue weighted by Crippen LogP contribution is 2.20. The average molecular weight is 333 g/mol. The third-order valence-corrected chi connectivity index (χ3v) is 4.09. The Bertz CT molecular complexity index is 341. The lowest BCUT2D eigenvalue weighted by Gasteiger charge is -2.36. The van der Waals surface area contributed by atoms with Crippen LogP contribution in [0, 0.1) is 5.92 Å². The van der Waals surface area contributed by atoms with Crippen LogP contribution in [-0.4, -0.2) is 65.6 Å². The topological polar surface area (TPSA) is 108 Å². The van der Waals surface area contributed by atoms with E-state index < -0.39 is 24.6 Å². The summed E-state index contributed by atoms with van der Waals surface area (Å²) >= 11 is 0. The summed E-state index contributed by atoms with van der Waals surface area (Å²) in [6, 6.07) is 0. The summed E-state index contributed by atoms with van der Waals surface area (Å²) in [6.07, 6.45) is 0.790. The van der Waals surface area contributed by atoms with E-state index in [-0.39, 0.29) is 31.5 Å². The second-order valence-electron chi connectivity index (χ2n) is 6.15. The molecule has 2 unspecified atom stereocenters. The molecule has 136 valence electrons. The number of amides is 1. The summed E-state index contributed by atoms with van der Waals surface area (Å²) in [6.45, 7) is 4.23. The third kappa shape index (κ3) is 7.14. The van der Waals surface area contributed by atoms with E-state index in [1.807, 2.05) is 6.92 Å². The highest BCUT2D eigenvalue weighted by atomic mass is 16.7. The van der Waals surface area contributed by atoms with Crippen LogP contribution in [0.1, 0.15) is 46.0 Å². The van der Waals surface area contributed by atoms with Gasteiger partial charge in [0.05, 0.1) is 19.3 Å². The Morgan fingerprint density at radius 2 is 2.09 bits per heavy atom. The van der Waals surface area contributed by atoms with Crippen LogP contribution < -0.4 is 5.32 Å². The third-order valence-electron chi connectivity index (χ3n) is 4.09. The Morgan fingerprint density at radius 1 is 1.35 bits per heavy atom. The molecule has 1 aliphatic rings. The Morgan fingerprint density at radius 3 is 2.74 bits per heavy atom. The predicted molar refractivity (Wildman–Crippen MR) is 84.6 cm³/mol. The molecule has 1 aliphatic heterocycles. The number of hydrogen-bond donors (Lipinski definition) is 4. The van der Waals surface area contributed by atoms with Crippen LogP contribution in [0.2, 0.25) is 0 Å². The van der Waals surface area contributed by atoms with Crippen molar-refractivity contribution < 1.29 is 29.6 Å². The number of hydrogen-bond acceptors (Lipinski definition) is 6. The van der Waals surface area contributed by atoms with Gasteiger partial charge in [-0.2, -0.15) is 0 Å². The molecule has 0 aliphatic carbocycles. The summed E-state index contributed by atoms with van der Waals surface area (Å²) in [5.74, 6) is -0.0227. The summed E-state index contributed by atoms with van der Waals surface area (Å²) in [5, 5.41) is 31.3. The van der Waals surface area contributed by atoms with Crippen LogP contribution in [0.25, 0.3) is 0 Å². The molecular weight excluding hydrogens is 302 g/mol. The number of aliphatic hydroxyl groups excluding tert-OH is 3. The van der Waals surface area contributed by atoms with E-state index in [9.17, 15) is 15.0 Å². The van der Waals surface area contributed by atoms with Gasteiger partial charge in [0.25, 0.3) is 0 Å². The van der Waals surface area contributed by atoms with E-state index in [1.54, 1.807) is 0 Å². The van der Waals surface area contributed by atoms with Crippen molar-refractivity contribution in [2.24, 2.45) is 5.92 Å². The van der Waals surface area contributed by atoms with Crippen molar-refractivity contribution in [3.8, 4) is 0 Å². The highest BCUT2D eigenvalue weighted by molar-refractivity contribution is 5.78. The maximum Gasteiger partial charge on any atom is 0.222 e. The van der Waals surface area contributed by atoms with Crippen molar-refractivity contribution in [1.29, 1.82) is 0 Å². The number of aliphatic hydroxyl groups is 3. The smallest absolute Gasteiger partial charge is 0.222 e. The number of nitrogens with one attached hydrogen (secondary N) is 1. The largest absolute Gasteiger partial charge is 0.394 e. The Balaban J connectivity index is 2.19. The van der Waals surface area contributed by atoms with Gasteiger partial charge in [-0.1, -0.05) is 33.1 Å². The van der Waals surface area contributed by atoms with Crippen LogP contribution in [0.3, 0.4) is 0 Å². The summed E-state index contributed by atoms with van der Waals surface area (Å²) in [5.41, 5.74) is 0. The zero-order chi connectivity index (χ0) is 17.2. The SMILES string of the molecule is CCCCC[C@H](C)C(=O)NCCO[C@H]1OC(CO)[C@@H](O)CC1O. The number of carbonyl (C=O) groups excluding carboxylic acids is 1. The van der Waals surface area contributed by atoms with Crippen LogP contribution in [-0.2, 0) is 14.3 Å². The number of ether oxygens (including phenoxy) is 2. The number of rotatable bonds is 10. The molecule has 1 heterocycles. The molecule has 0 aromatic rings. The molecule has 4 N–H and O–H groups in total. The van der Waals surface area contributed by atoms with Crippen molar-refractivity contribution in [2.75, 3.05) is 19.8 Å². The van der Waals surface area contributed by atoms with Gasteiger partial charge < -0.3 is 30.1 Å². The van der Waals surface area contributed by atoms with Crippen LogP contribution >= 0.6 is 0 Å². The normalized spacial score (nSPS) is 29.3. The monoisotopic (exact) mass is 333 g/mol. The first kappa shape index (κ1) is 20.3. The summed E-state index contributed by atoms with van der Waals surface area (Å²) in [7, 11) is 0. The standard InChI is InChI=1S/C16H31NO6/c1-3-4-5-6-11(2)15(21)17-7-8-22-16-13(20)9-12(19)14(10-18)23-16/h11-14,16,18-20H,3-10H2,1-2H3,(H,17,21)/t11-,12-,13?,14?,16-/m0/s1. The minimum absolute atomic E-state index is 0.00142. The van der Waals surface area contributed by atoms with Crippen molar-refractivity contribution in [2.45, 2.75) is 70.6 Å². The van der Waals surface area contributed by atoms with Gasteiger partial charge in [-0.25, -0.2) is 0 Å². The second kappa shape index (κ2) is 10.9. The molecule has 1 fully saturated rings. The molecule has 7 nitrogen and oxygen atoms in total. The fourth-order valence-electron chi connectivity index (χ4n) is 2.53. The first-order valence-electron chi connectivity index (χ1n) is 8.51. The van der Waals surface area contributed by atoms with Crippen LogP contribution in [0.4, 0.5) is 0 Å². The first-order chi connectivity index (χ1) is 11.0. The quantitative estimate of drug-likeness (QED) is 0.424. The van der Waals surface area contributed by atoms with E-state index in [2.05, 4.69) is 12.2 Å². The zero-order valence-electron chi connectivity index (χ0n) is 14.1. The first-order valence-corrected chi connectivity index (χ1v) is 8.51. The molecule has 0 spiro atoms. The number of carbonyl (C=O) groups is 1. The molecule has 0 saturated carbocycles. The minimum atomic E-state index is -0.948. The Kier molecular flexibility index (Phi) is 9.66. The molecular formula is C16H31NO6. The van der Waals surface area contributed by atoms with Gasteiger partial charge in [0, 0.05) is 18.9 Å².